The van der Waals surface area contributed by atoms with Crippen LogP contribution in [-0.2, 0) is 11.3 Å². The van der Waals surface area contributed by atoms with Gasteiger partial charge in [0.2, 0.25) is 0 Å². The second-order valence-corrected chi connectivity index (χ2v) is 7.47. The first-order valence-corrected chi connectivity index (χ1v) is 10.1. The third-order valence-electron chi connectivity index (χ3n) is 5.53. The SMILES string of the molecule is Cc1c(C(=O)OCc2ccccc2)c(-c2ccccc2)nn1C1CCCCC1. The summed E-state index contributed by atoms with van der Waals surface area (Å²) in [6.45, 7) is 2.26. The number of hydrogen-bond acceptors (Lipinski definition) is 3. The van der Waals surface area contributed by atoms with Gasteiger partial charge in [0, 0.05) is 5.56 Å². The Morgan fingerprint density at radius 2 is 1.64 bits per heavy atom. The van der Waals surface area contributed by atoms with Crippen LogP contribution in [0.25, 0.3) is 11.3 Å². The van der Waals surface area contributed by atoms with Gasteiger partial charge >= 0.3 is 5.97 Å². The molecule has 28 heavy (non-hydrogen) atoms. The molecule has 1 fully saturated rings. The quantitative estimate of drug-likeness (QED) is 0.536. The molecule has 1 aromatic heterocycles. The first-order chi connectivity index (χ1) is 13.7. The molecule has 3 aromatic rings. The number of aromatic nitrogens is 2. The Morgan fingerprint density at radius 1 is 1.00 bits per heavy atom. The molecule has 0 atom stereocenters. The maximum absolute atomic E-state index is 13.1. The summed E-state index contributed by atoms with van der Waals surface area (Å²) in [4.78, 5) is 13.1. The molecule has 1 heterocycles. The number of benzene rings is 2. The van der Waals surface area contributed by atoms with Gasteiger partial charge in [-0.05, 0) is 25.3 Å². The highest BCUT2D eigenvalue weighted by atomic mass is 16.5. The molecule has 4 heteroatoms. The van der Waals surface area contributed by atoms with Gasteiger partial charge in [-0.2, -0.15) is 5.10 Å². The van der Waals surface area contributed by atoms with Crippen LogP contribution in [0.1, 0.15) is 59.8 Å². The molecule has 0 bridgehead atoms. The molecule has 0 saturated heterocycles. The Labute approximate surface area is 166 Å². The van der Waals surface area contributed by atoms with Crippen LogP contribution in [0.4, 0.5) is 0 Å². The van der Waals surface area contributed by atoms with E-state index in [0.717, 1.165) is 35.4 Å². The van der Waals surface area contributed by atoms with E-state index in [0.29, 0.717) is 11.6 Å². The first-order valence-electron chi connectivity index (χ1n) is 10.1. The molecular formula is C24H26N2O2. The molecule has 0 aliphatic heterocycles. The predicted octanol–water partition coefficient (Wildman–Crippen LogP) is 5.72. The molecule has 1 aliphatic rings. The number of esters is 1. The monoisotopic (exact) mass is 374 g/mol. The molecule has 144 valence electrons. The zero-order valence-corrected chi connectivity index (χ0v) is 16.3. The Bertz CT molecular complexity index is 926. The minimum absolute atomic E-state index is 0.266. The summed E-state index contributed by atoms with van der Waals surface area (Å²) in [5, 5.41) is 4.90. The van der Waals surface area contributed by atoms with Crippen molar-refractivity contribution in [3.63, 3.8) is 0 Å². The molecule has 0 N–H and O–H groups in total. The van der Waals surface area contributed by atoms with Gasteiger partial charge in [-0.15, -0.1) is 0 Å². The van der Waals surface area contributed by atoms with Crippen molar-refractivity contribution in [3.8, 4) is 11.3 Å². The molecule has 0 radical (unpaired) electrons. The van der Waals surface area contributed by atoms with E-state index >= 15 is 0 Å². The van der Waals surface area contributed by atoms with E-state index in [9.17, 15) is 4.79 Å². The summed E-state index contributed by atoms with van der Waals surface area (Å²) >= 11 is 0. The lowest BCUT2D eigenvalue weighted by Gasteiger charge is -2.23. The average molecular weight is 374 g/mol. The highest BCUT2D eigenvalue weighted by Gasteiger charge is 2.27. The van der Waals surface area contributed by atoms with Crippen molar-refractivity contribution < 1.29 is 9.53 Å². The second kappa shape index (κ2) is 8.42. The van der Waals surface area contributed by atoms with Crippen molar-refractivity contribution in [2.75, 3.05) is 0 Å². The van der Waals surface area contributed by atoms with Gasteiger partial charge in [0.15, 0.2) is 0 Å². The Kier molecular flexibility index (Phi) is 5.56. The van der Waals surface area contributed by atoms with E-state index in [1.807, 2.05) is 67.6 Å². The summed E-state index contributed by atoms with van der Waals surface area (Å²) in [7, 11) is 0. The number of carbonyl (C=O) groups is 1. The van der Waals surface area contributed by atoms with E-state index in [-0.39, 0.29) is 12.6 Å². The second-order valence-electron chi connectivity index (χ2n) is 7.47. The minimum Gasteiger partial charge on any atom is -0.457 e. The van der Waals surface area contributed by atoms with Crippen LogP contribution in [0.3, 0.4) is 0 Å². The third kappa shape index (κ3) is 3.86. The van der Waals surface area contributed by atoms with E-state index in [1.54, 1.807) is 0 Å². The number of rotatable bonds is 5. The van der Waals surface area contributed by atoms with Crippen molar-refractivity contribution in [2.45, 2.75) is 51.7 Å². The maximum Gasteiger partial charge on any atom is 0.342 e. The Morgan fingerprint density at radius 3 is 2.32 bits per heavy atom. The fourth-order valence-corrected chi connectivity index (χ4v) is 4.04. The summed E-state index contributed by atoms with van der Waals surface area (Å²) in [5.41, 5.74) is 4.15. The molecule has 4 nitrogen and oxygen atoms in total. The van der Waals surface area contributed by atoms with E-state index in [4.69, 9.17) is 9.84 Å². The average Bonchev–Trinajstić information content (AvgIpc) is 3.11. The van der Waals surface area contributed by atoms with Gasteiger partial charge in [0.25, 0.3) is 0 Å². The van der Waals surface area contributed by atoms with E-state index in [2.05, 4.69) is 4.68 Å². The summed E-state index contributed by atoms with van der Waals surface area (Å²) in [6, 6.07) is 20.1. The summed E-state index contributed by atoms with van der Waals surface area (Å²) in [5.74, 6) is -0.303. The first kappa shape index (κ1) is 18.5. The number of carbonyl (C=O) groups excluding carboxylic acids is 1. The van der Waals surface area contributed by atoms with Crippen LogP contribution in [0, 0.1) is 6.92 Å². The maximum atomic E-state index is 13.1. The normalized spacial score (nSPS) is 14.8. The third-order valence-corrected chi connectivity index (χ3v) is 5.53. The van der Waals surface area contributed by atoms with E-state index < -0.39 is 0 Å². The van der Waals surface area contributed by atoms with Gasteiger partial charge in [-0.1, -0.05) is 79.9 Å². The lowest BCUT2D eigenvalue weighted by molar-refractivity contribution is 0.0472. The molecule has 2 aromatic carbocycles. The zero-order valence-electron chi connectivity index (χ0n) is 16.3. The van der Waals surface area contributed by atoms with Crippen molar-refractivity contribution >= 4 is 5.97 Å². The molecule has 0 spiro atoms. The number of nitrogens with zero attached hydrogens (tertiary/aromatic N) is 2. The Hall–Kier alpha value is -2.88. The smallest absolute Gasteiger partial charge is 0.342 e. The van der Waals surface area contributed by atoms with Crippen molar-refractivity contribution in [2.24, 2.45) is 0 Å². The topological polar surface area (TPSA) is 44.1 Å². The number of hydrogen-bond donors (Lipinski definition) is 0. The fraction of sp³-hybridized carbons (Fsp3) is 0.333. The van der Waals surface area contributed by atoms with Crippen LogP contribution in [-0.4, -0.2) is 15.7 Å². The van der Waals surface area contributed by atoms with Crippen LogP contribution in [0.2, 0.25) is 0 Å². The fourth-order valence-electron chi connectivity index (χ4n) is 4.04. The highest BCUT2D eigenvalue weighted by Crippen LogP contribution is 2.33. The molecule has 0 amide bonds. The van der Waals surface area contributed by atoms with Crippen LogP contribution in [0.5, 0.6) is 0 Å². The van der Waals surface area contributed by atoms with Crippen molar-refractivity contribution in [3.05, 3.63) is 77.5 Å². The van der Waals surface area contributed by atoms with Crippen molar-refractivity contribution in [1.82, 2.24) is 9.78 Å². The molecule has 1 saturated carbocycles. The van der Waals surface area contributed by atoms with Gasteiger partial charge in [-0.25, -0.2) is 4.79 Å². The standard InChI is InChI=1S/C24H26N2O2/c1-18-22(24(27)28-17-19-11-5-2-6-12-19)23(20-13-7-3-8-14-20)25-26(18)21-15-9-4-10-16-21/h2-3,5-8,11-14,21H,4,9-10,15-17H2,1H3. The molecule has 4 rings (SSSR count). The largest absolute Gasteiger partial charge is 0.457 e. The van der Waals surface area contributed by atoms with Gasteiger partial charge < -0.3 is 4.74 Å². The van der Waals surface area contributed by atoms with Crippen LogP contribution in [0.15, 0.2) is 60.7 Å². The summed E-state index contributed by atoms with van der Waals surface area (Å²) < 4.78 is 7.74. The van der Waals surface area contributed by atoms with Crippen LogP contribution < -0.4 is 0 Å². The minimum atomic E-state index is -0.303. The number of ether oxygens (including phenoxy) is 1. The van der Waals surface area contributed by atoms with Gasteiger partial charge in [-0.3, -0.25) is 4.68 Å². The molecule has 1 aliphatic carbocycles. The molecule has 0 unspecified atom stereocenters. The van der Waals surface area contributed by atoms with Crippen molar-refractivity contribution in [1.29, 1.82) is 0 Å². The van der Waals surface area contributed by atoms with Gasteiger partial charge in [0.05, 0.1) is 11.7 Å². The lowest BCUT2D eigenvalue weighted by atomic mass is 9.95. The Balaban J connectivity index is 1.67. The zero-order chi connectivity index (χ0) is 19.3. The van der Waals surface area contributed by atoms with E-state index in [1.165, 1.54) is 19.3 Å². The summed E-state index contributed by atoms with van der Waals surface area (Å²) in [6.07, 6.45) is 5.97. The highest BCUT2D eigenvalue weighted by molar-refractivity contribution is 5.97. The van der Waals surface area contributed by atoms with Crippen LogP contribution >= 0.6 is 0 Å². The lowest BCUT2D eigenvalue weighted by Crippen LogP contribution is -2.16. The predicted molar refractivity (Wildman–Crippen MR) is 110 cm³/mol. The van der Waals surface area contributed by atoms with Gasteiger partial charge in [0.1, 0.15) is 17.9 Å². The molecular weight excluding hydrogens is 348 g/mol.